The average Bonchev–Trinajstić information content (AvgIpc) is 3.43. The van der Waals surface area contributed by atoms with Crippen LogP contribution in [0.15, 0.2) is 11.3 Å². The van der Waals surface area contributed by atoms with Crippen LogP contribution in [-0.4, -0.2) is 100 Å². The third-order valence-corrected chi connectivity index (χ3v) is 4.46. The van der Waals surface area contributed by atoms with Gasteiger partial charge in [0.2, 0.25) is 23.6 Å². The number of unbranched alkanes of at least 4 members (excludes halogenated alkanes) is 1. The van der Waals surface area contributed by atoms with E-state index in [0.29, 0.717) is 0 Å². The monoisotopic (exact) mass is 693 g/mol. The number of nitrogens with one attached hydrogen (secondary N) is 4. The molecule has 12 N–H and O–H groups in total. The van der Waals surface area contributed by atoms with Gasteiger partial charge in [-0.1, -0.05) is 10.3 Å². The van der Waals surface area contributed by atoms with E-state index in [1.54, 1.807) is 39.1 Å². The maximum absolute atomic E-state index is 11.4. The maximum atomic E-state index is 11.4. The first-order valence-electron chi connectivity index (χ1n) is 13.5. The van der Waals surface area contributed by atoms with Gasteiger partial charge in [0.1, 0.15) is 0 Å². The van der Waals surface area contributed by atoms with Crippen molar-refractivity contribution in [2.75, 3.05) is 49.3 Å². The molecular formula is C26H58CuN14O4. The molecule has 0 fully saturated rings. The molecule has 0 saturated carbocycles. The van der Waals surface area contributed by atoms with Crippen molar-refractivity contribution >= 4 is 23.6 Å². The Morgan fingerprint density at radius 1 is 0.956 bits per heavy atom. The minimum Gasteiger partial charge on any atom is -0.370 e. The van der Waals surface area contributed by atoms with E-state index in [-0.39, 0.29) is 52.8 Å². The first-order chi connectivity index (χ1) is 20.8. The molecule has 1 heterocycles. The van der Waals surface area contributed by atoms with Crippen LogP contribution in [0, 0.1) is 12.3 Å². The molecule has 4 amide bonds. The topological polar surface area (TPSA) is 300 Å². The summed E-state index contributed by atoms with van der Waals surface area (Å²) >= 11 is 0. The normalized spacial score (nSPS) is 9.31. The average molecular weight is 694 g/mol. The van der Waals surface area contributed by atoms with Crippen LogP contribution in [0.4, 0.5) is 0 Å². The second-order valence-corrected chi connectivity index (χ2v) is 7.76. The van der Waals surface area contributed by atoms with Gasteiger partial charge < -0.3 is 44.2 Å². The van der Waals surface area contributed by atoms with Crippen molar-refractivity contribution in [1.82, 2.24) is 36.3 Å². The van der Waals surface area contributed by atoms with E-state index in [0.717, 1.165) is 44.2 Å². The van der Waals surface area contributed by atoms with Crippen molar-refractivity contribution in [3.8, 4) is 12.3 Å². The van der Waals surface area contributed by atoms with E-state index < -0.39 is 0 Å². The van der Waals surface area contributed by atoms with Gasteiger partial charge in [0.15, 0.2) is 0 Å². The van der Waals surface area contributed by atoms with E-state index >= 15 is 0 Å². The van der Waals surface area contributed by atoms with Crippen LogP contribution < -0.4 is 44.2 Å². The zero-order valence-corrected chi connectivity index (χ0v) is 29.4. The van der Waals surface area contributed by atoms with Gasteiger partial charge in [-0.2, -0.15) is 0 Å². The van der Waals surface area contributed by atoms with Gasteiger partial charge in [-0.3, -0.25) is 23.9 Å². The molecule has 19 heteroatoms. The molecular weight excluding hydrogens is 636 g/mol. The third kappa shape index (κ3) is 50.2. The van der Waals surface area contributed by atoms with Crippen LogP contribution in [0.1, 0.15) is 51.6 Å². The molecule has 0 saturated heterocycles. The quantitative estimate of drug-likeness (QED) is 0.0336. The third-order valence-electron chi connectivity index (χ3n) is 4.46. The van der Waals surface area contributed by atoms with Crippen LogP contribution >= 0.6 is 0 Å². The Morgan fingerprint density at radius 3 is 1.56 bits per heavy atom. The number of rotatable bonds is 11. The van der Waals surface area contributed by atoms with Gasteiger partial charge in [-0.05, 0) is 65.8 Å². The molecule has 18 nitrogen and oxygen atoms in total. The van der Waals surface area contributed by atoms with Crippen LogP contribution in [0.2, 0.25) is 0 Å². The SMILES string of the molecule is C#CCCC[C@H](NC)C(=O)NC.CC(N)=O.CC(N)=O.CN.CN.CN=[N+]=[N-].CNC(=O)[C@H](CCCc1cnnn1C)NC.[Cu]. The van der Waals surface area contributed by atoms with Crippen molar-refractivity contribution in [2.24, 2.45) is 35.1 Å². The molecule has 1 aromatic rings. The first-order valence-corrected chi connectivity index (χ1v) is 13.5. The van der Waals surface area contributed by atoms with E-state index in [9.17, 15) is 19.2 Å². The van der Waals surface area contributed by atoms with Gasteiger partial charge in [-0.15, -0.1) is 17.4 Å². The van der Waals surface area contributed by atoms with Gasteiger partial charge in [-0.25, -0.2) is 0 Å². The fraction of sp³-hybridized carbons (Fsp3) is 0.692. The fourth-order valence-corrected chi connectivity index (χ4v) is 2.59. The number of azide groups is 1. The summed E-state index contributed by atoms with van der Waals surface area (Å²) in [5, 5.41) is 21.7. The molecule has 1 aromatic heterocycles. The largest absolute Gasteiger partial charge is 0.370 e. The summed E-state index contributed by atoms with van der Waals surface area (Å²) in [5.41, 5.74) is 26.4. The molecule has 0 aliphatic rings. The van der Waals surface area contributed by atoms with Gasteiger partial charge in [0.25, 0.3) is 0 Å². The number of aryl methyl sites for hydroxylation is 2. The first kappa shape index (κ1) is 57.0. The van der Waals surface area contributed by atoms with E-state index in [1.165, 1.54) is 35.0 Å². The molecule has 2 atom stereocenters. The number of terminal acetylenes is 1. The molecule has 0 spiro atoms. The van der Waals surface area contributed by atoms with E-state index in [2.05, 4.69) is 70.5 Å². The van der Waals surface area contributed by atoms with Crippen LogP contribution in [-0.2, 0) is 49.7 Å². The number of nitrogens with two attached hydrogens (primary N) is 4. The molecule has 45 heavy (non-hydrogen) atoms. The van der Waals surface area contributed by atoms with Crippen LogP contribution in [0.5, 0.6) is 0 Å². The second-order valence-electron chi connectivity index (χ2n) is 7.76. The number of aromatic nitrogens is 3. The van der Waals surface area contributed by atoms with Gasteiger partial charge in [0, 0.05) is 70.4 Å². The Morgan fingerprint density at radius 2 is 1.31 bits per heavy atom. The molecule has 0 aliphatic carbocycles. The summed E-state index contributed by atoms with van der Waals surface area (Å²) in [6.07, 6.45) is 11.9. The van der Waals surface area contributed by atoms with Crippen LogP contribution in [0.25, 0.3) is 10.4 Å². The van der Waals surface area contributed by atoms with Crippen molar-refractivity contribution in [2.45, 2.75) is 64.5 Å². The molecule has 0 unspecified atom stereocenters. The summed E-state index contributed by atoms with van der Waals surface area (Å²) < 4.78 is 1.76. The zero-order chi connectivity index (χ0) is 35.9. The maximum Gasteiger partial charge on any atom is 0.236 e. The van der Waals surface area contributed by atoms with Crippen LogP contribution in [0.3, 0.4) is 0 Å². The number of carbonyl (C=O) groups is 4. The predicted molar refractivity (Wildman–Crippen MR) is 175 cm³/mol. The van der Waals surface area contributed by atoms with Crippen molar-refractivity contribution in [1.29, 1.82) is 0 Å². The molecule has 0 aromatic carbocycles. The number of primary amides is 2. The van der Waals surface area contributed by atoms with Crippen molar-refractivity contribution in [3.05, 3.63) is 22.3 Å². The molecule has 267 valence electrons. The Bertz CT molecular complexity index is 900. The van der Waals surface area contributed by atoms with Crippen molar-refractivity contribution in [3.63, 3.8) is 0 Å². The Hall–Kier alpha value is -3.75. The van der Waals surface area contributed by atoms with Gasteiger partial charge in [0.05, 0.1) is 24.0 Å². The second kappa shape index (κ2) is 47.2. The number of nitrogens with zero attached hydrogens (tertiary/aromatic N) is 6. The smallest absolute Gasteiger partial charge is 0.236 e. The van der Waals surface area contributed by atoms with Crippen molar-refractivity contribution < 1.29 is 36.2 Å². The molecule has 0 aliphatic heterocycles. The number of hydrogen-bond acceptors (Lipinski definition) is 11. The summed E-state index contributed by atoms with van der Waals surface area (Å²) in [6.45, 7) is 2.61. The standard InChI is InChI=1S/C10H19N5O.C9H16N2O.2C2H5NO.CH3N3.2CH5N.Cu/c1-11-9(10(16)12-2)6-4-5-8-7-13-14-15(8)3;1-4-5-6-7-8(10-2)9(12)11-3;2*1-2(3)4;1-3-4-2;2*1-2;/h7,9,11H,4-6H2,1-3H3,(H,12,16);1,8,10H,5-7H2,2-3H3,(H,11,12);2*1H3,(H2,3,4);1H3;2*2H2,1H3;/t9-;8-;;;;;;/m00....../s1. The molecule has 1 radical (unpaired) electrons. The van der Waals surface area contributed by atoms with E-state index in [4.69, 9.17) is 12.0 Å². The minimum absolute atomic E-state index is 0. The summed E-state index contributed by atoms with van der Waals surface area (Å²) in [6, 6.07) is -0.227. The number of carbonyl (C=O) groups excluding carboxylic acids is 4. The number of amides is 4. The van der Waals surface area contributed by atoms with Gasteiger partial charge >= 0.3 is 0 Å². The summed E-state index contributed by atoms with van der Waals surface area (Å²) in [5.74, 6) is 1.93. The molecule has 1 rings (SSSR count). The molecule has 0 bridgehead atoms. The Labute approximate surface area is 279 Å². The Kier molecular flexibility index (Phi) is 59.7. The Balaban J connectivity index is -0.0000000875. The predicted octanol–water partition coefficient (Wildman–Crippen LogP) is -1.35. The summed E-state index contributed by atoms with van der Waals surface area (Å²) in [7, 11) is 13.1. The fourth-order valence-electron chi connectivity index (χ4n) is 2.59. The summed E-state index contributed by atoms with van der Waals surface area (Å²) in [4.78, 5) is 43.3. The number of likely N-dealkylation sites (N-methyl/N-ethyl adjacent to an activating group) is 4. The number of hydrogen-bond donors (Lipinski definition) is 8. The van der Waals surface area contributed by atoms with E-state index in [1.807, 2.05) is 7.05 Å². The zero-order valence-electron chi connectivity index (χ0n) is 28.5. The minimum atomic E-state index is -0.333.